The second kappa shape index (κ2) is 10.6. The number of likely N-dealkylation sites (N-methyl/N-ethyl adjacent to an activating group) is 1. The number of esters is 1. The number of carbonyl (C=O) groups excluding carboxylic acids is 2. The van der Waals surface area contributed by atoms with Crippen molar-refractivity contribution in [1.29, 1.82) is 0 Å². The molecule has 1 aromatic heterocycles. The van der Waals surface area contributed by atoms with Crippen LogP contribution >= 0.6 is 0 Å². The summed E-state index contributed by atoms with van der Waals surface area (Å²) in [7, 11) is 5.20. The van der Waals surface area contributed by atoms with Crippen molar-refractivity contribution in [3.8, 4) is 5.75 Å². The molecule has 1 aliphatic heterocycles. The zero-order valence-corrected chi connectivity index (χ0v) is 22.8. The Morgan fingerprint density at radius 1 is 1.05 bits per heavy atom. The monoisotopic (exact) mass is 507 g/mol. The Labute approximate surface area is 218 Å². The van der Waals surface area contributed by atoms with Gasteiger partial charge in [0.2, 0.25) is 0 Å². The molecule has 2 heterocycles. The second-order valence-corrected chi connectivity index (χ2v) is 10.7. The zero-order chi connectivity index (χ0) is 26.9. The maximum Gasteiger partial charge on any atom is 0.419 e. The average molecular weight is 508 g/mol. The Hall–Kier alpha value is -3.36. The molecule has 0 bridgehead atoms. The maximum absolute atomic E-state index is 13.0. The first kappa shape index (κ1) is 26.7. The number of rotatable bonds is 5. The van der Waals surface area contributed by atoms with E-state index < -0.39 is 11.7 Å². The van der Waals surface area contributed by atoms with E-state index in [0.717, 1.165) is 53.0 Å². The standard InChI is InChI=1S/C29H37N3O5/c1-19-16-25(35-6)23(22-12-13-32(26(19)22)28(34)37-29(2,3)4)17-31-15-14-30(5)18-24(31)20-8-10-21(11-9-20)27(33)36-7/h8-13,16,24H,14-15,17-18H2,1-7H3/t24-/m1/s1. The number of hydrogen-bond acceptors (Lipinski definition) is 7. The van der Waals surface area contributed by atoms with Gasteiger partial charge >= 0.3 is 12.1 Å². The molecule has 0 aliphatic carbocycles. The molecule has 0 N–H and O–H groups in total. The average Bonchev–Trinajstić information content (AvgIpc) is 3.31. The molecular formula is C29H37N3O5. The van der Waals surface area contributed by atoms with E-state index in [1.165, 1.54) is 7.11 Å². The van der Waals surface area contributed by atoms with Gasteiger partial charge in [0, 0.05) is 49.4 Å². The van der Waals surface area contributed by atoms with Gasteiger partial charge in [-0.1, -0.05) is 12.1 Å². The Kier molecular flexibility index (Phi) is 7.62. The molecule has 1 saturated heterocycles. The third kappa shape index (κ3) is 5.65. The fourth-order valence-electron chi connectivity index (χ4n) is 5.00. The molecule has 8 heteroatoms. The summed E-state index contributed by atoms with van der Waals surface area (Å²) in [5.74, 6) is 0.455. The quantitative estimate of drug-likeness (QED) is 0.449. The Morgan fingerprint density at radius 2 is 1.76 bits per heavy atom. The predicted octanol–water partition coefficient (Wildman–Crippen LogP) is 5.02. The molecule has 0 amide bonds. The van der Waals surface area contributed by atoms with Crippen LogP contribution in [0.15, 0.2) is 42.6 Å². The predicted molar refractivity (Wildman–Crippen MR) is 143 cm³/mol. The number of methoxy groups -OCH3 is 2. The number of carbonyl (C=O) groups is 2. The molecular weight excluding hydrogens is 470 g/mol. The molecule has 37 heavy (non-hydrogen) atoms. The smallest absolute Gasteiger partial charge is 0.419 e. The van der Waals surface area contributed by atoms with Crippen molar-refractivity contribution in [1.82, 2.24) is 14.4 Å². The van der Waals surface area contributed by atoms with Crippen molar-refractivity contribution in [3.63, 3.8) is 0 Å². The highest BCUT2D eigenvalue weighted by Crippen LogP contribution is 2.36. The van der Waals surface area contributed by atoms with E-state index in [1.54, 1.807) is 17.9 Å². The summed E-state index contributed by atoms with van der Waals surface area (Å²) in [6.07, 6.45) is 1.38. The molecule has 0 radical (unpaired) electrons. The number of aryl methyl sites for hydroxylation is 1. The molecule has 3 aromatic rings. The molecule has 0 unspecified atom stereocenters. The molecule has 0 saturated carbocycles. The van der Waals surface area contributed by atoms with E-state index in [9.17, 15) is 9.59 Å². The van der Waals surface area contributed by atoms with Gasteiger partial charge in [0.05, 0.1) is 25.3 Å². The topological polar surface area (TPSA) is 73.2 Å². The zero-order valence-electron chi connectivity index (χ0n) is 22.8. The fraction of sp³-hybridized carbons (Fsp3) is 0.448. The Morgan fingerprint density at radius 3 is 2.38 bits per heavy atom. The largest absolute Gasteiger partial charge is 0.496 e. The molecule has 8 nitrogen and oxygen atoms in total. The van der Waals surface area contributed by atoms with Gasteiger partial charge in [0.25, 0.3) is 0 Å². The second-order valence-electron chi connectivity index (χ2n) is 10.7. The summed E-state index contributed by atoms with van der Waals surface area (Å²) in [5.41, 5.74) is 3.89. The molecule has 4 rings (SSSR count). The molecule has 198 valence electrons. The van der Waals surface area contributed by atoms with Crippen molar-refractivity contribution < 1.29 is 23.8 Å². The molecule has 0 spiro atoms. The van der Waals surface area contributed by atoms with Crippen LogP contribution in [0.5, 0.6) is 5.75 Å². The number of nitrogens with zero attached hydrogens (tertiary/aromatic N) is 3. The summed E-state index contributed by atoms with van der Waals surface area (Å²) < 4.78 is 17.9. The number of hydrogen-bond donors (Lipinski definition) is 0. The lowest BCUT2D eigenvalue weighted by atomic mass is 9.98. The molecule has 1 atom stereocenters. The van der Waals surface area contributed by atoms with E-state index in [1.807, 2.05) is 64.1 Å². The van der Waals surface area contributed by atoms with Gasteiger partial charge in [-0.15, -0.1) is 0 Å². The summed E-state index contributed by atoms with van der Waals surface area (Å²) in [4.78, 5) is 29.6. The van der Waals surface area contributed by atoms with Crippen molar-refractivity contribution in [2.75, 3.05) is 40.9 Å². The SMILES string of the molecule is COC(=O)c1ccc([C@H]2CN(C)CCN2Cc2c(OC)cc(C)c3c2ccn3C(=O)OC(C)(C)C)cc1. The minimum absolute atomic E-state index is 0.124. The van der Waals surface area contributed by atoms with Crippen LogP contribution in [0.2, 0.25) is 0 Å². The lowest BCUT2D eigenvalue weighted by Crippen LogP contribution is -2.46. The third-order valence-electron chi connectivity index (χ3n) is 6.81. The van der Waals surface area contributed by atoms with Gasteiger partial charge in [0.15, 0.2) is 0 Å². The van der Waals surface area contributed by atoms with Gasteiger partial charge < -0.3 is 19.1 Å². The van der Waals surface area contributed by atoms with Gasteiger partial charge in [-0.2, -0.15) is 0 Å². The first-order valence-electron chi connectivity index (χ1n) is 12.5. The summed E-state index contributed by atoms with van der Waals surface area (Å²) >= 11 is 0. The van der Waals surface area contributed by atoms with Crippen LogP contribution in [-0.4, -0.2) is 72.9 Å². The van der Waals surface area contributed by atoms with Gasteiger partial charge in [-0.25, -0.2) is 9.59 Å². The van der Waals surface area contributed by atoms with Crippen molar-refractivity contribution in [2.45, 2.75) is 45.9 Å². The lowest BCUT2D eigenvalue weighted by Gasteiger charge is -2.40. The normalized spacial score (nSPS) is 17.1. The number of piperazine rings is 1. The number of benzene rings is 2. The van der Waals surface area contributed by atoms with Gasteiger partial charge in [-0.3, -0.25) is 9.47 Å². The fourth-order valence-corrected chi connectivity index (χ4v) is 5.00. The number of aromatic nitrogens is 1. The number of fused-ring (bicyclic) bond motifs is 1. The van der Waals surface area contributed by atoms with Crippen LogP contribution in [0.4, 0.5) is 4.79 Å². The van der Waals surface area contributed by atoms with Gasteiger partial charge in [-0.05, 0) is 70.1 Å². The first-order chi connectivity index (χ1) is 17.5. The molecule has 2 aromatic carbocycles. The highest BCUT2D eigenvalue weighted by Gasteiger charge is 2.29. The van der Waals surface area contributed by atoms with Crippen LogP contribution in [0, 0.1) is 6.92 Å². The third-order valence-corrected chi connectivity index (χ3v) is 6.81. The van der Waals surface area contributed by atoms with Crippen LogP contribution in [-0.2, 0) is 16.0 Å². The number of ether oxygens (including phenoxy) is 3. The van der Waals surface area contributed by atoms with Gasteiger partial charge in [0.1, 0.15) is 11.4 Å². The van der Waals surface area contributed by atoms with Crippen LogP contribution < -0.4 is 4.74 Å². The van der Waals surface area contributed by atoms with E-state index >= 15 is 0 Å². The molecule has 1 aliphatic rings. The van der Waals surface area contributed by atoms with E-state index in [4.69, 9.17) is 14.2 Å². The highest BCUT2D eigenvalue weighted by molar-refractivity contribution is 5.95. The summed E-state index contributed by atoms with van der Waals surface area (Å²) in [6, 6.07) is 11.7. The summed E-state index contributed by atoms with van der Waals surface area (Å²) in [5, 5.41) is 0.974. The Balaban J connectivity index is 1.72. The van der Waals surface area contributed by atoms with E-state index in [-0.39, 0.29) is 12.0 Å². The first-order valence-corrected chi connectivity index (χ1v) is 12.5. The van der Waals surface area contributed by atoms with Crippen LogP contribution in [0.1, 0.15) is 53.9 Å². The Bertz CT molecular complexity index is 1290. The summed E-state index contributed by atoms with van der Waals surface area (Å²) in [6.45, 7) is 10.9. The maximum atomic E-state index is 13.0. The van der Waals surface area contributed by atoms with E-state index in [2.05, 4.69) is 16.8 Å². The minimum atomic E-state index is -0.590. The minimum Gasteiger partial charge on any atom is -0.496 e. The molecule has 1 fully saturated rings. The van der Waals surface area contributed by atoms with Crippen molar-refractivity contribution >= 4 is 23.0 Å². The van der Waals surface area contributed by atoms with Crippen molar-refractivity contribution in [2.24, 2.45) is 0 Å². The van der Waals surface area contributed by atoms with Crippen molar-refractivity contribution in [3.05, 3.63) is 64.8 Å². The van der Waals surface area contributed by atoms with Crippen LogP contribution in [0.25, 0.3) is 10.9 Å². The lowest BCUT2D eigenvalue weighted by molar-refractivity contribution is 0.0542. The van der Waals surface area contributed by atoms with E-state index in [0.29, 0.717) is 12.1 Å². The highest BCUT2D eigenvalue weighted by atomic mass is 16.6. The van der Waals surface area contributed by atoms with Crippen LogP contribution in [0.3, 0.4) is 0 Å².